The van der Waals surface area contributed by atoms with Crippen LogP contribution in [0.5, 0.6) is 5.75 Å². The SMILES string of the molecule is Cn1ccc(O)c(NC(=O)N[C@@H](CC(=O)O)c2cc(-c3c(Cl)cc(N)cc3Cl)ccc2N)c1=O. The van der Waals surface area contributed by atoms with Crippen LogP contribution < -0.4 is 27.7 Å². The van der Waals surface area contributed by atoms with Crippen molar-refractivity contribution in [3.63, 3.8) is 0 Å². The number of aromatic nitrogens is 1. The zero-order valence-electron chi connectivity index (χ0n) is 17.8. The molecule has 0 radical (unpaired) electrons. The average Bonchev–Trinajstić information content (AvgIpc) is 2.73. The summed E-state index contributed by atoms with van der Waals surface area (Å²) in [7, 11) is 1.44. The second-order valence-electron chi connectivity index (χ2n) is 7.44. The van der Waals surface area contributed by atoms with Gasteiger partial charge >= 0.3 is 12.0 Å². The molecule has 2 aromatic carbocycles. The highest BCUT2D eigenvalue weighted by Gasteiger charge is 2.23. The van der Waals surface area contributed by atoms with Crippen LogP contribution in [0.4, 0.5) is 21.9 Å². The minimum atomic E-state index is -1.21. The molecule has 0 fully saturated rings. The number of carbonyl (C=O) groups is 2. The molecule has 8 N–H and O–H groups in total. The largest absolute Gasteiger partial charge is 0.505 e. The molecule has 0 unspecified atom stereocenters. The van der Waals surface area contributed by atoms with Gasteiger partial charge in [-0.15, -0.1) is 0 Å². The van der Waals surface area contributed by atoms with Crippen LogP contribution in [0.1, 0.15) is 18.0 Å². The van der Waals surface area contributed by atoms with E-state index in [0.29, 0.717) is 16.8 Å². The lowest BCUT2D eigenvalue weighted by atomic mass is 9.96. The van der Waals surface area contributed by atoms with Gasteiger partial charge in [-0.1, -0.05) is 29.3 Å². The standard InChI is InChI=1S/C22H21Cl2N5O5/c1-29-5-4-17(30)20(21(29)33)28-22(34)27-16(9-18(31)32)12-6-10(2-3-15(12)26)19-13(23)7-11(25)8-14(19)24/h2-8,16,30H,9,25-26H2,1H3,(H,31,32)(H2,27,28,34)/t16-/m0/s1. The van der Waals surface area contributed by atoms with Gasteiger partial charge in [-0.25, -0.2) is 4.79 Å². The fourth-order valence-corrected chi connectivity index (χ4v) is 4.08. The van der Waals surface area contributed by atoms with Crippen LogP contribution >= 0.6 is 23.2 Å². The molecule has 0 aliphatic carbocycles. The van der Waals surface area contributed by atoms with Crippen molar-refractivity contribution >= 4 is 52.3 Å². The number of carboxylic acid groups (broad SMARTS) is 1. The summed E-state index contributed by atoms with van der Waals surface area (Å²) in [4.78, 5) is 36.4. The van der Waals surface area contributed by atoms with Crippen LogP contribution in [0.15, 0.2) is 47.4 Å². The van der Waals surface area contributed by atoms with Crippen LogP contribution in [-0.2, 0) is 11.8 Å². The number of nitrogens with two attached hydrogens (primary N) is 2. The van der Waals surface area contributed by atoms with Crippen molar-refractivity contribution in [3.05, 3.63) is 68.6 Å². The number of benzene rings is 2. The smallest absolute Gasteiger partial charge is 0.319 e. The Kier molecular flexibility index (Phi) is 7.23. The van der Waals surface area contributed by atoms with Crippen molar-refractivity contribution in [2.45, 2.75) is 12.5 Å². The second kappa shape index (κ2) is 9.94. The van der Waals surface area contributed by atoms with Crippen molar-refractivity contribution in [1.82, 2.24) is 9.88 Å². The number of halogens is 2. The summed E-state index contributed by atoms with van der Waals surface area (Å²) >= 11 is 12.6. The number of hydrogen-bond donors (Lipinski definition) is 6. The van der Waals surface area contributed by atoms with Crippen molar-refractivity contribution in [3.8, 4) is 16.9 Å². The van der Waals surface area contributed by atoms with E-state index < -0.39 is 35.8 Å². The zero-order chi connectivity index (χ0) is 25.2. The molecule has 1 atom stereocenters. The second-order valence-corrected chi connectivity index (χ2v) is 8.26. The summed E-state index contributed by atoms with van der Waals surface area (Å²) in [6, 6.07) is 6.99. The third-order valence-electron chi connectivity index (χ3n) is 4.98. The van der Waals surface area contributed by atoms with E-state index in [1.807, 2.05) is 0 Å². The first-order valence-electron chi connectivity index (χ1n) is 9.80. The molecule has 10 nitrogen and oxygen atoms in total. The number of aryl methyl sites for hydroxylation is 1. The number of carboxylic acids is 1. The Labute approximate surface area is 203 Å². The zero-order valence-corrected chi connectivity index (χ0v) is 19.3. The molecular formula is C22H21Cl2N5O5. The average molecular weight is 506 g/mol. The maximum absolute atomic E-state index is 12.6. The number of urea groups is 1. The molecule has 1 heterocycles. The monoisotopic (exact) mass is 505 g/mol. The first kappa shape index (κ1) is 24.7. The normalized spacial score (nSPS) is 11.6. The summed E-state index contributed by atoms with van der Waals surface area (Å²) in [6.45, 7) is 0. The molecular weight excluding hydrogens is 485 g/mol. The van der Waals surface area contributed by atoms with E-state index in [2.05, 4.69) is 10.6 Å². The summed E-state index contributed by atoms with van der Waals surface area (Å²) in [6.07, 6.45) is 0.802. The molecule has 0 aliphatic rings. The van der Waals surface area contributed by atoms with E-state index in [-0.39, 0.29) is 27.0 Å². The summed E-state index contributed by atoms with van der Waals surface area (Å²) in [5, 5.41) is 24.6. The lowest BCUT2D eigenvalue weighted by Crippen LogP contribution is -2.36. The highest BCUT2D eigenvalue weighted by atomic mass is 35.5. The van der Waals surface area contributed by atoms with Crippen molar-refractivity contribution in [1.29, 1.82) is 0 Å². The molecule has 1 aromatic heterocycles. The Morgan fingerprint density at radius 2 is 1.76 bits per heavy atom. The van der Waals surface area contributed by atoms with Crippen molar-refractivity contribution in [2.75, 3.05) is 16.8 Å². The molecule has 2 amide bonds. The number of carbonyl (C=O) groups excluding carboxylic acids is 1. The van der Waals surface area contributed by atoms with Crippen molar-refractivity contribution < 1.29 is 19.8 Å². The van der Waals surface area contributed by atoms with E-state index in [1.54, 1.807) is 12.1 Å². The van der Waals surface area contributed by atoms with Crippen LogP contribution in [0.2, 0.25) is 10.0 Å². The first-order chi connectivity index (χ1) is 16.0. The minimum Gasteiger partial charge on any atom is -0.505 e. The Balaban J connectivity index is 1.98. The summed E-state index contributed by atoms with van der Waals surface area (Å²) < 4.78 is 1.16. The highest BCUT2D eigenvalue weighted by Crippen LogP contribution is 2.39. The fourth-order valence-electron chi connectivity index (χ4n) is 3.36. The van der Waals surface area contributed by atoms with Gasteiger partial charge in [0, 0.05) is 30.2 Å². The van der Waals surface area contributed by atoms with E-state index in [9.17, 15) is 24.6 Å². The Hall–Kier alpha value is -3.89. The minimum absolute atomic E-state index is 0.205. The van der Waals surface area contributed by atoms with Crippen LogP contribution in [0.3, 0.4) is 0 Å². The maximum Gasteiger partial charge on any atom is 0.319 e. The molecule has 0 saturated carbocycles. The Morgan fingerprint density at radius 3 is 2.38 bits per heavy atom. The molecule has 0 saturated heterocycles. The molecule has 3 rings (SSSR count). The van der Waals surface area contributed by atoms with E-state index in [1.165, 1.54) is 37.5 Å². The predicted octanol–water partition coefficient (Wildman–Crippen LogP) is 3.57. The molecule has 34 heavy (non-hydrogen) atoms. The lowest BCUT2D eigenvalue weighted by Gasteiger charge is -2.21. The van der Waals surface area contributed by atoms with Gasteiger partial charge in [0.2, 0.25) is 0 Å². The summed E-state index contributed by atoms with van der Waals surface area (Å²) in [5.41, 5.74) is 12.7. The third-order valence-corrected chi connectivity index (χ3v) is 5.58. The maximum atomic E-state index is 12.6. The van der Waals surface area contributed by atoms with Gasteiger partial charge in [-0.05, 0) is 41.5 Å². The predicted molar refractivity (Wildman–Crippen MR) is 131 cm³/mol. The summed E-state index contributed by atoms with van der Waals surface area (Å²) in [5.74, 6) is -1.65. The Bertz CT molecular complexity index is 1320. The van der Waals surface area contributed by atoms with Crippen molar-refractivity contribution in [2.24, 2.45) is 7.05 Å². The molecule has 12 heteroatoms. The quantitative estimate of drug-likeness (QED) is 0.277. The molecule has 0 bridgehead atoms. The number of hydrogen-bond acceptors (Lipinski definition) is 6. The van der Waals surface area contributed by atoms with Gasteiger partial charge < -0.3 is 36.9 Å². The van der Waals surface area contributed by atoms with Crippen LogP contribution in [0.25, 0.3) is 11.1 Å². The van der Waals surface area contributed by atoms with Gasteiger partial charge in [0.05, 0.1) is 22.5 Å². The van der Waals surface area contributed by atoms with E-state index in [0.717, 1.165) is 4.57 Å². The number of nitrogens with one attached hydrogen (secondary N) is 2. The van der Waals surface area contributed by atoms with E-state index >= 15 is 0 Å². The molecule has 0 aliphatic heterocycles. The third kappa shape index (κ3) is 5.36. The fraction of sp³-hybridized carbons (Fsp3) is 0.136. The molecule has 3 aromatic rings. The number of anilines is 3. The Morgan fingerprint density at radius 1 is 1.12 bits per heavy atom. The number of aromatic hydroxyl groups is 1. The number of amides is 2. The number of rotatable bonds is 6. The molecule has 178 valence electrons. The van der Waals surface area contributed by atoms with Gasteiger partial charge in [-0.3, -0.25) is 9.59 Å². The van der Waals surface area contributed by atoms with Crippen LogP contribution in [0, 0.1) is 0 Å². The highest BCUT2D eigenvalue weighted by molar-refractivity contribution is 6.39. The topological polar surface area (TPSA) is 173 Å². The number of nitrogens with zero attached hydrogens (tertiary/aromatic N) is 1. The van der Waals surface area contributed by atoms with E-state index in [4.69, 9.17) is 34.7 Å². The molecule has 0 spiro atoms. The number of nitrogen functional groups attached to an aromatic ring is 2. The van der Waals surface area contributed by atoms with Gasteiger partial charge in [0.1, 0.15) is 5.75 Å². The van der Waals surface area contributed by atoms with Gasteiger partial charge in [0.15, 0.2) is 5.69 Å². The lowest BCUT2D eigenvalue weighted by molar-refractivity contribution is -0.137. The van der Waals surface area contributed by atoms with Crippen LogP contribution in [-0.4, -0.2) is 26.8 Å². The van der Waals surface area contributed by atoms with Gasteiger partial charge in [-0.2, -0.15) is 0 Å². The number of pyridine rings is 1. The number of aliphatic carboxylic acids is 1. The van der Waals surface area contributed by atoms with Gasteiger partial charge in [0.25, 0.3) is 5.56 Å². The first-order valence-corrected chi connectivity index (χ1v) is 10.6.